The zero-order valence-corrected chi connectivity index (χ0v) is 12.8. The summed E-state index contributed by atoms with van der Waals surface area (Å²) in [6.07, 6.45) is 0. The SMILES string of the molecule is CC(=O)C(=O)NCC(=O)N[C@H](C(=O)N(C)C)c1cccs1. The van der Waals surface area contributed by atoms with E-state index in [0.29, 0.717) is 4.88 Å². The van der Waals surface area contributed by atoms with Gasteiger partial charge in [-0.3, -0.25) is 19.2 Å². The van der Waals surface area contributed by atoms with Crippen molar-refractivity contribution in [1.29, 1.82) is 0 Å². The number of Topliss-reactive ketones (excluding diaryl/α,β-unsaturated/α-hetero) is 1. The predicted molar refractivity (Wildman–Crippen MR) is 77.6 cm³/mol. The van der Waals surface area contributed by atoms with Crippen LogP contribution < -0.4 is 10.6 Å². The highest BCUT2D eigenvalue weighted by Gasteiger charge is 2.25. The molecule has 0 unspecified atom stereocenters. The van der Waals surface area contributed by atoms with E-state index in [2.05, 4.69) is 10.6 Å². The number of ketones is 1. The fourth-order valence-electron chi connectivity index (χ4n) is 1.47. The summed E-state index contributed by atoms with van der Waals surface area (Å²) < 4.78 is 0. The lowest BCUT2D eigenvalue weighted by Gasteiger charge is -2.20. The molecular weight excluding hydrogens is 294 g/mol. The Kier molecular flexibility index (Phi) is 6.04. The van der Waals surface area contributed by atoms with Gasteiger partial charge in [0.05, 0.1) is 6.54 Å². The maximum Gasteiger partial charge on any atom is 0.287 e. The van der Waals surface area contributed by atoms with Gasteiger partial charge in [0.15, 0.2) is 0 Å². The lowest BCUT2D eigenvalue weighted by Crippen LogP contribution is -2.44. The molecule has 0 spiro atoms. The van der Waals surface area contributed by atoms with Gasteiger partial charge in [-0.05, 0) is 11.4 Å². The van der Waals surface area contributed by atoms with Gasteiger partial charge in [0.25, 0.3) is 5.91 Å². The van der Waals surface area contributed by atoms with Gasteiger partial charge in [-0.15, -0.1) is 11.3 Å². The van der Waals surface area contributed by atoms with E-state index >= 15 is 0 Å². The first-order valence-corrected chi connectivity index (χ1v) is 7.03. The number of carbonyl (C=O) groups is 4. The second-order valence-corrected chi connectivity index (χ2v) is 5.47. The number of thiophene rings is 1. The molecule has 2 N–H and O–H groups in total. The van der Waals surface area contributed by atoms with Crippen molar-refractivity contribution in [2.24, 2.45) is 0 Å². The maximum atomic E-state index is 12.1. The average molecular weight is 311 g/mol. The van der Waals surface area contributed by atoms with Crippen molar-refractivity contribution in [1.82, 2.24) is 15.5 Å². The van der Waals surface area contributed by atoms with Gasteiger partial charge in [0, 0.05) is 25.9 Å². The molecule has 0 saturated heterocycles. The first-order chi connectivity index (χ1) is 9.82. The third-order valence-electron chi connectivity index (χ3n) is 2.55. The first kappa shape index (κ1) is 16.8. The Morgan fingerprint density at radius 3 is 2.43 bits per heavy atom. The van der Waals surface area contributed by atoms with Crippen molar-refractivity contribution in [3.05, 3.63) is 22.4 Å². The van der Waals surface area contributed by atoms with Crippen molar-refractivity contribution in [3.63, 3.8) is 0 Å². The van der Waals surface area contributed by atoms with Crippen molar-refractivity contribution in [3.8, 4) is 0 Å². The quantitative estimate of drug-likeness (QED) is 0.705. The summed E-state index contributed by atoms with van der Waals surface area (Å²) in [5.74, 6) is -2.33. The van der Waals surface area contributed by atoms with Crippen molar-refractivity contribution >= 4 is 34.8 Å². The smallest absolute Gasteiger partial charge is 0.287 e. The molecule has 0 aromatic carbocycles. The molecule has 114 valence electrons. The Labute approximate surface area is 126 Å². The predicted octanol–water partition coefficient (Wildman–Crippen LogP) is -0.301. The zero-order valence-electron chi connectivity index (χ0n) is 12.0. The second kappa shape index (κ2) is 7.53. The molecule has 1 aromatic heterocycles. The molecular formula is C13H17N3O4S. The lowest BCUT2D eigenvalue weighted by molar-refractivity contribution is -0.138. The van der Waals surface area contributed by atoms with Crippen LogP contribution in [0.2, 0.25) is 0 Å². The minimum absolute atomic E-state index is 0.274. The third-order valence-corrected chi connectivity index (χ3v) is 3.49. The molecule has 0 radical (unpaired) electrons. The number of nitrogens with zero attached hydrogens (tertiary/aromatic N) is 1. The normalized spacial score (nSPS) is 11.4. The van der Waals surface area contributed by atoms with E-state index in [1.165, 1.54) is 16.2 Å². The molecule has 1 atom stereocenters. The van der Waals surface area contributed by atoms with Crippen LogP contribution in [0.15, 0.2) is 17.5 Å². The Bertz CT molecular complexity index is 540. The standard InChI is InChI=1S/C13H17N3O4S/c1-8(17)12(19)14-7-10(18)15-11(13(20)16(2)3)9-5-4-6-21-9/h4-6,11H,7H2,1-3H3,(H,14,19)(H,15,18)/t11-/m0/s1. The summed E-state index contributed by atoms with van der Waals surface area (Å²) in [5.41, 5.74) is 0. The maximum absolute atomic E-state index is 12.1. The summed E-state index contributed by atoms with van der Waals surface area (Å²) in [6, 6.07) is 2.71. The third kappa shape index (κ3) is 4.99. The van der Waals surface area contributed by atoms with E-state index in [1.54, 1.807) is 31.6 Å². The number of carbonyl (C=O) groups excluding carboxylic acids is 4. The van der Waals surface area contributed by atoms with E-state index < -0.39 is 23.6 Å². The molecule has 0 fully saturated rings. The number of hydrogen-bond donors (Lipinski definition) is 2. The fourth-order valence-corrected chi connectivity index (χ4v) is 2.23. The summed E-state index contributed by atoms with van der Waals surface area (Å²) in [7, 11) is 3.18. The molecule has 0 aliphatic heterocycles. The summed E-state index contributed by atoms with van der Waals surface area (Å²) in [6.45, 7) is 0.748. The molecule has 1 aromatic rings. The number of likely N-dealkylation sites (N-methyl/N-ethyl adjacent to an activating group) is 1. The molecule has 0 bridgehead atoms. The average Bonchev–Trinajstić information content (AvgIpc) is 2.94. The van der Waals surface area contributed by atoms with Crippen LogP contribution in [-0.2, 0) is 19.2 Å². The molecule has 1 heterocycles. The fraction of sp³-hybridized carbons (Fsp3) is 0.385. The van der Waals surface area contributed by atoms with E-state index in [0.717, 1.165) is 6.92 Å². The van der Waals surface area contributed by atoms with E-state index in [1.807, 2.05) is 0 Å². The van der Waals surface area contributed by atoms with Crippen LogP contribution in [0.5, 0.6) is 0 Å². The number of hydrogen-bond acceptors (Lipinski definition) is 5. The molecule has 1 rings (SSSR count). The summed E-state index contributed by atoms with van der Waals surface area (Å²) in [4.78, 5) is 47.8. The lowest BCUT2D eigenvalue weighted by atomic mass is 10.2. The van der Waals surface area contributed by atoms with Crippen LogP contribution in [0, 0.1) is 0 Å². The second-order valence-electron chi connectivity index (χ2n) is 4.49. The van der Waals surface area contributed by atoms with Crippen LogP contribution in [0.25, 0.3) is 0 Å². The number of amides is 3. The van der Waals surface area contributed by atoms with Crippen molar-refractivity contribution < 1.29 is 19.2 Å². The number of nitrogens with one attached hydrogen (secondary N) is 2. The monoisotopic (exact) mass is 311 g/mol. The van der Waals surface area contributed by atoms with Gasteiger partial charge in [-0.25, -0.2) is 0 Å². The topological polar surface area (TPSA) is 95.6 Å². The Morgan fingerprint density at radius 2 is 1.95 bits per heavy atom. The largest absolute Gasteiger partial charge is 0.347 e. The minimum Gasteiger partial charge on any atom is -0.347 e. The van der Waals surface area contributed by atoms with Crippen molar-refractivity contribution in [2.45, 2.75) is 13.0 Å². The highest BCUT2D eigenvalue weighted by Crippen LogP contribution is 2.20. The highest BCUT2D eigenvalue weighted by molar-refractivity contribution is 7.10. The van der Waals surface area contributed by atoms with E-state index in [-0.39, 0.29) is 12.5 Å². The molecule has 7 nitrogen and oxygen atoms in total. The molecule has 0 saturated carbocycles. The van der Waals surface area contributed by atoms with Gasteiger partial charge < -0.3 is 15.5 Å². The molecule has 3 amide bonds. The van der Waals surface area contributed by atoms with Gasteiger partial charge in [-0.2, -0.15) is 0 Å². The van der Waals surface area contributed by atoms with Crippen molar-refractivity contribution in [2.75, 3.05) is 20.6 Å². The van der Waals surface area contributed by atoms with Crippen LogP contribution in [0.1, 0.15) is 17.8 Å². The molecule has 21 heavy (non-hydrogen) atoms. The van der Waals surface area contributed by atoms with Crippen LogP contribution in [-0.4, -0.2) is 49.0 Å². The van der Waals surface area contributed by atoms with Gasteiger partial charge in [0.2, 0.25) is 17.6 Å². The number of rotatable bonds is 6. The molecule has 0 aliphatic rings. The van der Waals surface area contributed by atoms with Gasteiger partial charge in [0.1, 0.15) is 6.04 Å². The van der Waals surface area contributed by atoms with Crippen LogP contribution in [0.4, 0.5) is 0 Å². The Hall–Kier alpha value is -2.22. The van der Waals surface area contributed by atoms with Crippen LogP contribution in [0.3, 0.4) is 0 Å². The van der Waals surface area contributed by atoms with Crippen LogP contribution >= 0.6 is 11.3 Å². The summed E-state index contributed by atoms with van der Waals surface area (Å²) >= 11 is 1.34. The molecule has 0 aliphatic carbocycles. The first-order valence-electron chi connectivity index (χ1n) is 6.15. The van der Waals surface area contributed by atoms with Gasteiger partial charge in [-0.1, -0.05) is 6.07 Å². The Balaban J connectivity index is 2.69. The van der Waals surface area contributed by atoms with E-state index in [9.17, 15) is 19.2 Å². The minimum atomic E-state index is -0.836. The van der Waals surface area contributed by atoms with E-state index in [4.69, 9.17) is 0 Å². The summed E-state index contributed by atoms with van der Waals surface area (Å²) in [5, 5.41) is 6.53. The highest BCUT2D eigenvalue weighted by atomic mass is 32.1. The Morgan fingerprint density at radius 1 is 1.29 bits per heavy atom. The zero-order chi connectivity index (χ0) is 16.0. The molecule has 8 heteroatoms. The van der Waals surface area contributed by atoms with Gasteiger partial charge >= 0.3 is 0 Å².